The van der Waals surface area contributed by atoms with Crippen molar-refractivity contribution in [1.29, 1.82) is 0 Å². The number of carboxylic acid groups (broad SMARTS) is 1. The molecule has 0 aromatic heterocycles. The van der Waals surface area contributed by atoms with E-state index < -0.39 is 12.0 Å². The Bertz CT molecular complexity index is 329. The van der Waals surface area contributed by atoms with Gasteiger partial charge in [0.25, 0.3) is 0 Å². The van der Waals surface area contributed by atoms with Gasteiger partial charge in [0, 0.05) is 33.0 Å². The van der Waals surface area contributed by atoms with Crippen molar-refractivity contribution in [3.05, 3.63) is 0 Å². The summed E-state index contributed by atoms with van der Waals surface area (Å²) in [6, 6.07) is -0.836. The van der Waals surface area contributed by atoms with Crippen LogP contribution in [0.2, 0.25) is 0 Å². The number of nitrogens with zero attached hydrogens (tertiary/aromatic N) is 2. The van der Waals surface area contributed by atoms with Gasteiger partial charge in [0.05, 0.1) is 0 Å². The van der Waals surface area contributed by atoms with Gasteiger partial charge < -0.3 is 14.9 Å². The molecule has 1 aliphatic rings. The van der Waals surface area contributed by atoms with Crippen molar-refractivity contribution in [1.82, 2.24) is 9.80 Å². The Morgan fingerprint density at radius 3 is 2.65 bits per heavy atom. The van der Waals surface area contributed by atoms with Gasteiger partial charge in [-0.05, 0) is 13.3 Å². The zero-order valence-corrected chi connectivity index (χ0v) is 10.2. The van der Waals surface area contributed by atoms with Crippen LogP contribution >= 0.6 is 0 Å². The third-order valence-corrected chi connectivity index (χ3v) is 3.10. The molecule has 6 heteroatoms. The fourth-order valence-electron chi connectivity index (χ4n) is 1.73. The van der Waals surface area contributed by atoms with E-state index in [0.29, 0.717) is 19.5 Å². The number of carbonyl (C=O) groups is 3. The number of hydrogen-bond acceptors (Lipinski definition) is 3. The zero-order chi connectivity index (χ0) is 13.0. The number of aliphatic carboxylic acids is 1. The van der Waals surface area contributed by atoms with Crippen molar-refractivity contribution in [2.75, 3.05) is 20.1 Å². The zero-order valence-electron chi connectivity index (χ0n) is 10.2. The van der Waals surface area contributed by atoms with E-state index in [1.165, 1.54) is 18.9 Å². The number of rotatable bonds is 5. The molecule has 1 atom stereocenters. The van der Waals surface area contributed by atoms with Gasteiger partial charge in [-0.3, -0.25) is 9.59 Å². The smallest absolute Gasteiger partial charge is 0.326 e. The van der Waals surface area contributed by atoms with Crippen LogP contribution in [0.5, 0.6) is 0 Å². The standard InChI is InChI=1S/C11H18N2O4/c1-8(11(16)17)12(2)9(14)5-7-13-6-3-4-10(13)15/h8H,3-7H2,1-2H3,(H,16,17)/t8-/m1/s1. The predicted octanol–water partition coefficient (Wildman–Crippen LogP) is -0.0696. The maximum atomic E-state index is 11.7. The van der Waals surface area contributed by atoms with Crippen LogP contribution in [0, 0.1) is 0 Å². The first-order valence-corrected chi connectivity index (χ1v) is 5.69. The minimum Gasteiger partial charge on any atom is -0.480 e. The molecule has 1 heterocycles. The van der Waals surface area contributed by atoms with Crippen LogP contribution in [0.3, 0.4) is 0 Å². The molecule has 1 rings (SSSR count). The van der Waals surface area contributed by atoms with Crippen LogP contribution in [0.4, 0.5) is 0 Å². The highest BCUT2D eigenvalue weighted by Gasteiger charge is 2.24. The van der Waals surface area contributed by atoms with E-state index in [2.05, 4.69) is 0 Å². The number of likely N-dealkylation sites (N-methyl/N-ethyl adjacent to an activating group) is 1. The lowest BCUT2D eigenvalue weighted by Crippen LogP contribution is -2.41. The van der Waals surface area contributed by atoms with Gasteiger partial charge >= 0.3 is 5.97 Å². The van der Waals surface area contributed by atoms with Crippen LogP contribution in [-0.2, 0) is 14.4 Å². The summed E-state index contributed by atoms with van der Waals surface area (Å²) in [7, 11) is 1.47. The molecule has 0 unspecified atom stereocenters. The Hall–Kier alpha value is -1.59. The quantitative estimate of drug-likeness (QED) is 0.732. The van der Waals surface area contributed by atoms with Crippen molar-refractivity contribution in [2.45, 2.75) is 32.2 Å². The second kappa shape index (κ2) is 5.65. The maximum Gasteiger partial charge on any atom is 0.326 e. The highest BCUT2D eigenvalue weighted by Crippen LogP contribution is 2.10. The molecule has 0 bridgehead atoms. The number of carboxylic acids is 1. The first kappa shape index (κ1) is 13.5. The second-order valence-electron chi connectivity index (χ2n) is 4.25. The molecule has 2 amide bonds. The summed E-state index contributed by atoms with van der Waals surface area (Å²) in [5, 5.41) is 8.76. The summed E-state index contributed by atoms with van der Waals surface area (Å²) in [6.45, 7) is 2.54. The third kappa shape index (κ3) is 3.44. The Balaban J connectivity index is 2.38. The van der Waals surface area contributed by atoms with Crippen LogP contribution in [0.1, 0.15) is 26.2 Å². The molecule has 0 aromatic carbocycles. The van der Waals surface area contributed by atoms with E-state index >= 15 is 0 Å². The molecule has 0 saturated carbocycles. The van der Waals surface area contributed by atoms with E-state index in [0.717, 1.165) is 6.42 Å². The Morgan fingerprint density at radius 1 is 1.53 bits per heavy atom. The Labute approximate surface area is 100 Å². The average Bonchev–Trinajstić information content (AvgIpc) is 2.69. The van der Waals surface area contributed by atoms with Crippen LogP contribution in [0.15, 0.2) is 0 Å². The number of carbonyl (C=O) groups excluding carboxylic acids is 2. The fraction of sp³-hybridized carbons (Fsp3) is 0.727. The molecule has 0 aromatic rings. The molecule has 1 fully saturated rings. The molecule has 0 aliphatic carbocycles. The summed E-state index contributed by atoms with van der Waals surface area (Å²) in [5.41, 5.74) is 0. The minimum absolute atomic E-state index is 0.0757. The van der Waals surface area contributed by atoms with Crippen LogP contribution in [0.25, 0.3) is 0 Å². The maximum absolute atomic E-state index is 11.7. The third-order valence-electron chi connectivity index (χ3n) is 3.10. The van der Waals surface area contributed by atoms with E-state index in [1.54, 1.807) is 4.90 Å². The number of amides is 2. The van der Waals surface area contributed by atoms with Crippen LogP contribution < -0.4 is 0 Å². The van der Waals surface area contributed by atoms with Crippen molar-refractivity contribution in [3.63, 3.8) is 0 Å². The molecule has 1 aliphatic heterocycles. The van der Waals surface area contributed by atoms with E-state index in [1.807, 2.05) is 0 Å². The highest BCUT2D eigenvalue weighted by atomic mass is 16.4. The van der Waals surface area contributed by atoms with Gasteiger partial charge in [-0.2, -0.15) is 0 Å². The first-order chi connectivity index (χ1) is 7.93. The van der Waals surface area contributed by atoms with E-state index in [4.69, 9.17) is 5.11 Å². The van der Waals surface area contributed by atoms with Gasteiger partial charge in [0.1, 0.15) is 6.04 Å². The van der Waals surface area contributed by atoms with Crippen molar-refractivity contribution in [2.24, 2.45) is 0 Å². The van der Waals surface area contributed by atoms with Crippen molar-refractivity contribution in [3.8, 4) is 0 Å². The largest absolute Gasteiger partial charge is 0.480 e. The summed E-state index contributed by atoms with van der Waals surface area (Å²) in [5.74, 6) is -1.20. The number of hydrogen-bond donors (Lipinski definition) is 1. The highest BCUT2D eigenvalue weighted by molar-refractivity contribution is 5.84. The SMILES string of the molecule is C[C@H](C(=O)O)N(C)C(=O)CCN1CCCC1=O. The van der Waals surface area contributed by atoms with E-state index in [9.17, 15) is 14.4 Å². The second-order valence-corrected chi connectivity index (χ2v) is 4.25. The summed E-state index contributed by atoms with van der Waals surface area (Å²) in [6.07, 6.45) is 1.57. The summed E-state index contributed by atoms with van der Waals surface area (Å²) < 4.78 is 0. The van der Waals surface area contributed by atoms with Crippen molar-refractivity contribution < 1.29 is 19.5 Å². The lowest BCUT2D eigenvalue weighted by molar-refractivity contribution is -0.148. The van der Waals surface area contributed by atoms with Crippen LogP contribution in [-0.4, -0.2) is 58.9 Å². The fourth-order valence-corrected chi connectivity index (χ4v) is 1.73. The monoisotopic (exact) mass is 242 g/mol. The Kier molecular flexibility index (Phi) is 4.48. The Morgan fingerprint density at radius 2 is 2.18 bits per heavy atom. The average molecular weight is 242 g/mol. The van der Waals surface area contributed by atoms with E-state index in [-0.39, 0.29) is 18.2 Å². The molecule has 6 nitrogen and oxygen atoms in total. The molecular weight excluding hydrogens is 224 g/mol. The molecule has 0 radical (unpaired) electrons. The molecule has 1 N–H and O–H groups in total. The topological polar surface area (TPSA) is 77.9 Å². The van der Waals surface area contributed by atoms with Gasteiger partial charge in [0.15, 0.2) is 0 Å². The molecular formula is C11H18N2O4. The van der Waals surface area contributed by atoms with Gasteiger partial charge in [-0.15, -0.1) is 0 Å². The van der Waals surface area contributed by atoms with Gasteiger partial charge in [0.2, 0.25) is 11.8 Å². The first-order valence-electron chi connectivity index (χ1n) is 5.69. The molecule has 96 valence electrons. The lowest BCUT2D eigenvalue weighted by Gasteiger charge is -2.23. The van der Waals surface area contributed by atoms with Crippen molar-refractivity contribution >= 4 is 17.8 Å². The molecule has 17 heavy (non-hydrogen) atoms. The molecule has 0 spiro atoms. The lowest BCUT2D eigenvalue weighted by atomic mass is 10.2. The normalized spacial score (nSPS) is 17.1. The summed E-state index contributed by atoms with van der Waals surface area (Å²) in [4.78, 5) is 36.5. The van der Waals surface area contributed by atoms with Gasteiger partial charge in [-0.1, -0.05) is 0 Å². The van der Waals surface area contributed by atoms with Gasteiger partial charge in [-0.25, -0.2) is 4.79 Å². The number of likely N-dealkylation sites (tertiary alicyclic amines) is 1. The predicted molar refractivity (Wildman–Crippen MR) is 60.3 cm³/mol. The minimum atomic E-state index is -1.03. The summed E-state index contributed by atoms with van der Waals surface area (Å²) >= 11 is 0. The molecule has 1 saturated heterocycles.